The molecule has 0 bridgehead atoms. The highest BCUT2D eigenvalue weighted by Crippen LogP contribution is 2.17. The Morgan fingerprint density at radius 3 is 2.60 bits per heavy atom. The van der Waals surface area contributed by atoms with Crippen molar-refractivity contribution in [2.45, 2.75) is 6.04 Å². The first-order valence-electron chi connectivity index (χ1n) is 4.76. The lowest BCUT2D eigenvalue weighted by Crippen LogP contribution is -2.20. The van der Waals surface area contributed by atoms with Gasteiger partial charge < -0.3 is 5.73 Å². The highest BCUT2D eigenvalue weighted by Gasteiger charge is 2.11. The van der Waals surface area contributed by atoms with Crippen molar-refractivity contribution in [2.75, 3.05) is 6.54 Å². The van der Waals surface area contributed by atoms with Crippen LogP contribution in [-0.2, 0) is 0 Å². The molecule has 78 valence electrons. The molecule has 2 N–H and O–H groups in total. The average molecular weight is 222 g/mol. The van der Waals surface area contributed by atoms with E-state index in [0.29, 0.717) is 11.6 Å². The molecule has 0 radical (unpaired) electrons. The fourth-order valence-corrected chi connectivity index (χ4v) is 1.70. The van der Waals surface area contributed by atoms with Gasteiger partial charge in [0, 0.05) is 12.7 Å². The Bertz CT molecular complexity index is 424. The van der Waals surface area contributed by atoms with Gasteiger partial charge in [0.25, 0.3) is 0 Å². The van der Waals surface area contributed by atoms with Gasteiger partial charge in [-0.05, 0) is 5.56 Å². The van der Waals surface area contributed by atoms with Crippen molar-refractivity contribution in [3.63, 3.8) is 0 Å². The molecule has 0 spiro atoms. The largest absolute Gasteiger partial charge is 0.328 e. The van der Waals surface area contributed by atoms with Crippen molar-refractivity contribution < 1.29 is 0 Å². The molecule has 2 rings (SSSR count). The van der Waals surface area contributed by atoms with Crippen LogP contribution in [0.15, 0.2) is 42.7 Å². The fourth-order valence-electron chi connectivity index (χ4n) is 1.56. The van der Waals surface area contributed by atoms with Crippen LogP contribution in [0.3, 0.4) is 0 Å². The lowest BCUT2D eigenvalue weighted by atomic mass is 10.1. The topological polar surface area (TPSA) is 43.8 Å². The predicted molar refractivity (Wildman–Crippen MR) is 60.9 cm³/mol. The Morgan fingerprint density at radius 1 is 1.33 bits per heavy atom. The van der Waals surface area contributed by atoms with Crippen LogP contribution in [0, 0.1) is 0 Å². The zero-order valence-electron chi connectivity index (χ0n) is 8.18. The van der Waals surface area contributed by atoms with Crippen LogP contribution in [0.1, 0.15) is 11.6 Å². The molecule has 0 saturated heterocycles. The number of nitrogens with two attached hydrogens (primary N) is 1. The summed E-state index contributed by atoms with van der Waals surface area (Å²) in [5.41, 5.74) is 6.88. The van der Waals surface area contributed by atoms with Crippen LogP contribution in [0.4, 0.5) is 0 Å². The van der Waals surface area contributed by atoms with Crippen molar-refractivity contribution in [1.82, 2.24) is 9.78 Å². The van der Waals surface area contributed by atoms with Gasteiger partial charge in [0.1, 0.15) is 0 Å². The van der Waals surface area contributed by atoms with E-state index >= 15 is 0 Å². The van der Waals surface area contributed by atoms with Crippen molar-refractivity contribution in [2.24, 2.45) is 5.73 Å². The molecule has 3 nitrogen and oxygen atoms in total. The summed E-state index contributed by atoms with van der Waals surface area (Å²) in [5.74, 6) is 0. The highest BCUT2D eigenvalue weighted by atomic mass is 35.5. The minimum Gasteiger partial charge on any atom is -0.328 e. The van der Waals surface area contributed by atoms with Crippen molar-refractivity contribution in [3.05, 3.63) is 53.3 Å². The van der Waals surface area contributed by atoms with Crippen LogP contribution >= 0.6 is 11.6 Å². The van der Waals surface area contributed by atoms with Crippen LogP contribution in [0.2, 0.25) is 5.02 Å². The monoisotopic (exact) mass is 221 g/mol. The second-order valence-corrected chi connectivity index (χ2v) is 3.74. The third kappa shape index (κ3) is 2.19. The lowest BCUT2D eigenvalue weighted by molar-refractivity contribution is 0.532. The Kier molecular flexibility index (Phi) is 3.04. The summed E-state index contributed by atoms with van der Waals surface area (Å²) in [7, 11) is 0. The van der Waals surface area contributed by atoms with Crippen LogP contribution in [-0.4, -0.2) is 16.3 Å². The molecular formula is C11H12ClN3. The van der Waals surface area contributed by atoms with E-state index < -0.39 is 0 Å². The predicted octanol–water partition coefficient (Wildman–Crippen LogP) is 2.08. The minimum atomic E-state index is 0.0544. The molecule has 15 heavy (non-hydrogen) atoms. The number of benzene rings is 1. The maximum Gasteiger partial charge on any atom is 0.0891 e. The number of rotatable bonds is 3. The van der Waals surface area contributed by atoms with E-state index in [2.05, 4.69) is 5.10 Å². The van der Waals surface area contributed by atoms with Gasteiger partial charge in [-0.15, -0.1) is 0 Å². The first-order valence-corrected chi connectivity index (χ1v) is 5.13. The molecule has 1 unspecified atom stereocenters. The first kappa shape index (κ1) is 10.2. The Morgan fingerprint density at radius 2 is 2.07 bits per heavy atom. The van der Waals surface area contributed by atoms with Gasteiger partial charge in [0.05, 0.1) is 17.3 Å². The van der Waals surface area contributed by atoms with Gasteiger partial charge in [0.15, 0.2) is 0 Å². The van der Waals surface area contributed by atoms with Crippen LogP contribution < -0.4 is 5.73 Å². The molecule has 0 saturated carbocycles. The summed E-state index contributed by atoms with van der Waals surface area (Å²) in [6, 6.07) is 10.1. The molecule has 0 aliphatic carbocycles. The second kappa shape index (κ2) is 4.47. The summed E-state index contributed by atoms with van der Waals surface area (Å²) < 4.78 is 1.79. The van der Waals surface area contributed by atoms with E-state index in [1.165, 1.54) is 0 Å². The molecule has 4 heteroatoms. The van der Waals surface area contributed by atoms with E-state index in [-0.39, 0.29) is 6.04 Å². The SMILES string of the molecule is NCC(c1ccccc1)n1cc(Cl)cn1. The summed E-state index contributed by atoms with van der Waals surface area (Å²) in [6.45, 7) is 0.502. The maximum absolute atomic E-state index is 5.82. The van der Waals surface area contributed by atoms with E-state index in [1.54, 1.807) is 17.1 Å². The fraction of sp³-hybridized carbons (Fsp3) is 0.182. The summed E-state index contributed by atoms with van der Waals surface area (Å²) in [4.78, 5) is 0. The Hall–Kier alpha value is -1.32. The van der Waals surface area contributed by atoms with E-state index in [4.69, 9.17) is 17.3 Å². The third-order valence-electron chi connectivity index (χ3n) is 2.30. The normalized spacial score (nSPS) is 12.7. The summed E-state index contributed by atoms with van der Waals surface area (Å²) >= 11 is 5.82. The number of hydrogen-bond donors (Lipinski definition) is 1. The summed E-state index contributed by atoms with van der Waals surface area (Å²) in [6.07, 6.45) is 3.40. The molecular weight excluding hydrogens is 210 g/mol. The van der Waals surface area contributed by atoms with E-state index in [9.17, 15) is 0 Å². The van der Waals surface area contributed by atoms with Gasteiger partial charge in [0.2, 0.25) is 0 Å². The standard InChI is InChI=1S/C11H12ClN3/c12-10-7-14-15(8-10)11(6-13)9-4-2-1-3-5-9/h1-5,7-8,11H,6,13H2. The molecule has 0 aliphatic heterocycles. The lowest BCUT2D eigenvalue weighted by Gasteiger charge is -2.15. The molecule has 1 atom stereocenters. The molecule has 0 aliphatic rings. The van der Waals surface area contributed by atoms with Crippen molar-refractivity contribution >= 4 is 11.6 Å². The number of aromatic nitrogens is 2. The molecule has 0 amide bonds. The third-order valence-corrected chi connectivity index (χ3v) is 2.49. The average Bonchev–Trinajstić information content (AvgIpc) is 2.68. The van der Waals surface area contributed by atoms with Gasteiger partial charge >= 0.3 is 0 Å². The van der Waals surface area contributed by atoms with E-state index in [0.717, 1.165) is 5.56 Å². The van der Waals surface area contributed by atoms with Crippen molar-refractivity contribution in [1.29, 1.82) is 0 Å². The van der Waals surface area contributed by atoms with Gasteiger partial charge in [-0.2, -0.15) is 5.10 Å². The van der Waals surface area contributed by atoms with Gasteiger partial charge in [-0.1, -0.05) is 41.9 Å². The molecule has 0 fully saturated rings. The van der Waals surface area contributed by atoms with Gasteiger partial charge in [-0.3, -0.25) is 4.68 Å². The van der Waals surface area contributed by atoms with Crippen LogP contribution in [0.5, 0.6) is 0 Å². The number of hydrogen-bond acceptors (Lipinski definition) is 2. The zero-order chi connectivity index (χ0) is 10.7. The van der Waals surface area contributed by atoms with Gasteiger partial charge in [-0.25, -0.2) is 0 Å². The highest BCUT2D eigenvalue weighted by molar-refractivity contribution is 6.30. The summed E-state index contributed by atoms with van der Waals surface area (Å²) in [5, 5.41) is 4.80. The smallest absolute Gasteiger partial charge is 0.0891 e. The number of halogens is 1. The molecule has 1 aromatic heterocycles. The van der Waals surface area contributed by atoms with Crippen molar-refractivity contribution in [3.8, 4) is 0 Å². The first-order chi connectivity index (χ1) is 7.31. The maximum atomic E-state index is 5.82. The Labute approximate surface area is 93.5 Å². The quantitative estimate of drug-likeness (QED) is 0.863. The number of nitrogens with zero attached hydrogens (tertiary/aromatic N) is 2. The van der Waals surface area contributed by atoms with E-state index in [1.807, 2.05) is 30.3 Å². The zero-order valence-corrected chi connectivity index (χ0v) is 8.93. The minimum absolute atomic E-state index is 0.0544. The Balaban J connectivity index is 2.33. The van der Waals surface area contributed by atoms with Crippen LogP contribution in [0.25, 0.3) is 0 Å². The molecule has 1 heterocycles. The second-order valence-electron chi connectivity index (χ2n) is 3.30. The molecule has 1 aromatic carbocycles. The molecule has 2 aromatic rings.